The smallest absolute Gasteiger partial charge is 0.230 e. The molecule has 3 rings (SSSR count). The number of rotatable bonds is 5. The summed E-state index contributed by atoms with van der Waals surface area (Å²) >= 11 is 0. The maximum absolute atomic E-state index is 12.4. The van der Waals surface area contributed by atoms with Gasteiger partial charge in [0.25, 0.3) is 0 Å². The number of carbonyl (C=O) groups is 1. The number of benzene rings is 2. The zero-order valence-corrected chi connectivity index (χ0v) is 13.8. The van der Waals surface area contributed by atoms with E-state index >= 15 is 0 Å². The fourth-order valence-corrected chi connectivity index (χ4v) is 2.94. The van der Waals surface area contributed by atoms with Crippen LogP contribution in [-0.4, -0.2) is 19.1 Å². The number of nitrogens with zero attached hydrogens (tertiary/aromatic N) is 1. The molecule has 2 aromatic carbocycles. The van der Waals surface area contributed by atoms with Gasteiger partial charge in [-0.15, -0.1) is 0 Å². The Bertz CT molecular complexity index is 676. The first-order valence-corrected chi connectivity index (χ1v) is 8.26. The minimum atomic E-state index is 0.133. The van der Waals surface area contributed by atoms with Crippen molar-refractivity contribution in [3.05, 3.63) is 59.7 Å². The van der Waals surface area contributed by atoms with Gasteiger partial charge in [-0.05, 0) is 41.7 Å². The maximum Gasteiger partial charge on any atom is 0.230 e. The molecular formula is C20H23NO2. The lowest BCUT2D eigenvalue weighted by Crippen LogP contribution is -2.30. The highest BCUT2D eigenvalue weighted by Gasteiger charge is 2.23. The first kappa shape index (κ1) is 15.6. The lowest BCUT2D eigenvalue weighted by molar-refractivity contribution is -0.119. The van der Waals surface area contributed by atoms with Crippen molar-refractivity contribution in [2.45, 2.75) is 32.6 Å². The van der Waals surface area contributed by atoms with Crippen molar-refractivity contribution < 1.29 is 9.53 Å². The molecule has 0 spiro atoms. The van der Waals surface area contributed by atoms with Crippen molar-refractivity contribution in [2.24, 2.45) is 0 Å². The average Bonchev–Trinajstić information content (AvgIpc) is 2.99. The average molecular weight is 309 g/mol. The van der Waals surface area contributed by atoms with E-state index in [2.05, 4.69) is 32.0 Å². The van der Waals surface area contributed by atoms with Crippen molar-refractivity contribution in [3.8, 4) is 5.75 Å². The van der Waals surface area contributed by atoms with E-state index in [1.54, 1.807) is 0 Å². The fraction of sp³-hybridized carbons (Fsp3) is 0.350. The second kappa shape index (κ2) is 6.86. The molecule has 1 amide bonds. The predicted molar refractivity (Wildman–Crippen MR) is 93.1 cm³/mol. The van der Waals surface area contributed by atoms with Crippen LogP contribution >= 0.6 is 0 Å². The molecular weight excluding hydrogens is 286 g/mol. The van der Waals surface area contributed by atoms with Crippen molar-refractivity contribution in [2.75, 3.05) is 18.1 Å². The number of carbonyl (C=O) groups excluding carboxylic acids is 1. The third-order valence-electron chi connectivity index (χ3n) is 4.32. The summed E-state index contributed by atoms with van der Waals surface area (Å²) in [6.45, 7) is 5.53. The van der Waals surface area contributed by atoms with Crippen molar-refractivity contribution in [1.82, 2.24) is 0 Å². The summed E-state index contributed by atoms with van der Waals surface area (Å²) < 4.78 is 5.71. The fourth-order valence-electron chi connectivity index (χ4n) is 2.94. The van der Waals surface area contributed by atoms with Crippen molar-refractivity contribution in [1.29, 1.82) is 0 Å². The molecule has 0 saturated carbocycles. The highest BCUT2D eigenvalue weighted by molar-refractivity contribution is 5.95. The van der Waals surface area contributed by atoms with Crippen LogP contribution in [-0.2, 0) is 11.2 Å². The molecule has 3 heteroatoms. The number of hydrogen-bond donors (Lipinski definition) is 0. The van der Waals surface area contributed by atoms with Crippen LogP contribution in [0.25, 0.3) is 0 Å². The second-order valence-corrected chi connectivity index (χ2v) is 6.25. The van der Waals surface area contributed by atoms with E-state index in [1.165, 1.54) is 11.1 Å². The van der Waals surface area contributed by atoms with Gasteiger partial charge < -0.3 is 9.64 Å². The number of hydrogen-bond acceptors (Lipinski definition) is 2. The minimum Gasteiger partial charge on any atom is -0.493 e. The Hall–Kier alpha value is -2.29. The number of fused-ring (bicyclic) bond motifs is 1. The van der Waals surface area contributed by atoms with Crippen LogP contribution in [0.5, 0.6) is 5.75 Å². The zero-order chi connectivity index (χ0) is 16.2. The van der Waals surface area contributed by atoms with Gasteiger partial charge >= 0.3 is 0 Å². The molecule has 0 atom stereocenters. The molecule has 0 radical (unpaired) electrons. The van der Waals surface area contributed by atoms with Gasteiger partial charge in [0, 0.05) is 12.2 Å². The van der Waals surface area contributed by atoms with E-state index in [0.29, 0.717) is 18.9 Å². The quantitative estimate of drug-likeness (QED) is 0.829. The molecule has 120 valence electrons. The van der Waals surface area contributed by atoms with Crippen LogP contribution in [0.4, 0.5) is 5.69 Å². The van der Waals surface area contributed by atoms with Crippen LogP contribution in [0, 0.1) is 0 Å². The summed E-state index contributed by atoms with van der Waals surface area (Å²) in [5, 5.41) is 0. The van der Waals surface area contributed by atoms with Gasteiger partial charge in [-0.3, -0.25) is 4.79 Å². The Morgan fingerprint density at radius 3 is 2.61 bits per heavy atom. The van der Waals surface area contributed by atoms with Crippen LogP contribution in [0.15, 0.2) is 48.5 Å². The van der Waals surface area contributed by atoms with E-state index in [1.807, 2.05) is 35.2 Å². The molecule has 3 nitrogen and oxygen atoms in total. The summed E-state index contributed by atoms with van der Waals surface area (Å²) in [5.74, 6) is 1.47. The van der Waals surface area contributed by atoms with Gasteiger partial charge in [0.2, 0.25) is 5.91 Å². The largest absolute Gasteiger partial charge is 0.493 e. The summed E-state index contributed by atoms with van der Waals surface area (Å²) in [6, 6.07) is 16.2. The summed E-state index contributed by atoms with van der Waals surface area (Å²) in [5.41, 5.74) is 3.60. The van der Waals surface area contributed by atoms with Gasteiger partial charge in [0.05, 0.1) is 13.0 Å². The highest BCUT2D eigenvalue weighted by Crippen LogP contribution is 2.28. The molecule has 1 aliphatic heterocycles. The zero-order valence-electron chi connectivity index (χ0n) is 13.8. The molecule has 1 heterocycles. The Balaban J connectivity index is 1.52. The standard InChI is InChI=1S/C20H23NO2/c1-15(2)16-7-9-18(10-8-16)23-14-12-20(22)21-13-11-17-5-3-4-6-19(17)21/h3-10,15H,11-14H2,1-2H3. The van der Waals surface area contributed by atoms with Crippen LogP contribution in [0.3, 0.4) is 0 Å². The van der Waals surface area contributed by atoms with E-state index < -0.39 is 0 Å². The van der Waals surface area contributed by atoms with Crippen molar-refractivity contribution in [3.63, 3.8) is 0 Å². The van der Waals surface area contributed by atoms with E-state index in [-0.39, 0.29) is 5.91 Å². The van der Waals surface area contributed by atoms with Gasteiger partial charge in [0.1, 0.15) is 5.75 Å². The molecule has 0 fully saturated rings. The molecule has 0 bridgehead atoms. The highest BCUT2D eigenvalue weighted by atomic mass is 16.5. The molecule has 1 aliphatic rings. The van der Waals surface area contributed by atoms with Gasteiger partial charge in [0.15, 0.2) is 0 Å². The Labute approximate surface area is 137 Å². The monoisotopic (exact) mass is 309 g/mol. The van der Waals surface area contributed by atoms with Crippen molar-refractivity contribution >= 4 is 11.6 Å². The minimum absolute atomic E-state index is 0.133. The van der Waals surface area contributed by atoms with Crippen LogP contribution in [0.1, 0.15) is 37.3 Å². The summed E-state index contributed by atoms with van der Waals surface area (Å²) in [4.78, 5) is 14.3. The maximum atomic E-state index is 12.4. The van der Waals surface area contributed by atoms with E-state index in [0.717, 1.165) is 24.4 Å². The normalized spacial score (nSPS) is 13.3. The topological polar surface area (TPSA) is 29.5 Å². The summed E-state index contributed by atoms with van der Waals surface area (Å²) in [6.07, 6.45) is 1.35. The molecule has 2 aromatic rings. The first-order chi connectivity index (χ1) is 11.1. The summed E-state index contributed by atoms with van der Waals surface area (Å²) in [7, 11) is 0. The molecule has 0 unspecified atom stereocenters. The van der Waals surface area contributed by atoms with Gasteiger partial charge in [-0.25, -0.2) is 0 Å². The molecule has 23 heavy (non-hydrogen) atoms. The van der Waals surface area contributed by atoms with E-state index in [4.69, 9.17) is 4.74 Å². The Morgan fingerprint density at radius 1 is 1.13 bits per heavy atom. The molecule has 0 aromatic heterocycles. The first-order valence-electron chi connectivity index (χ1n) is 8.26. The Kier molecular flexibility index (Phi) is 4.65. The number of anilines is 1. The third kappa shape index (κ3) is 3.55. The molecule has 0 aliphatic carbocycles. The van der Waals surface area contributed by atoms with Gasteiger partial charge in [-0.2, -0.15) is 0 Å². The van der Waals surface area contributed by atoms with Gasteiger partial charge in [-0.1, -0.05) is 44.2 Å². The Morgan fingerprint density at radius 2 is 1.87 bits per heavy atom. The lowest BCUT2D eigenvalue weighted by atomic mass is 10.0. The van der Waals surface area contributed by atoms with E-state index in [9.17, 15) is 4.79 Å². The predicted octanol–water partition coefficient (Wildman–Crippen LogP) is 4.17. The van der Waals surface area contributed by atoms with Crippen LogP contribution in [0.2, 0.25) is 0 Å². The number of amides is 1. The van der Waals surface area contributed by atoms with Crippen LogP contribution < -0.4 is 9.64 Å². The second-order valence-electron chi connectivity index (χ2n) is 6.25. The molecule has 0 saturated heterocycles. The SMILES string of the molecule is CC(C)c1ccc(OCCC(=O)N2CCc3ccccc32)cc1. The molecule has 0 N–H and O–H groups in total. The lowest BCUT2D eigenvalue weighted by Gasteiger charge is -2.17. The number of para-hydroxylation sites is 1. The number of ether oxygens (including phenoxy) is 1. The third-order valence-corrected chi connectivity index (χ3v) is 4.32.